The van der Waals surface area contributed by atoms with E-state index in [-0.39, 0.29) is 11.9 Å². The van der Waals surface area contributed by atoms with E-state index < -0.39 is 17.4 Å². The first-order valence-electron chi connectivity index (χ1n) is 7.52. The first-order valence-corrected chi connectivity index (χ1v) is 7.52. The highest BCUT2D eigenvalue weighted by atomic mass is 16.4. The van der Waals surface area contributed by atoms with Gasteiger partial charge in [-0.15, -0.1) is 0 Å². The largest absolute Gasteiger partial charge is 0.481 e. The Hall–Kier alpha value is -1.99. The normalized spacial score (nSPS) is 18.6. The molecule has 0 radical (unpaired) electrons. The number of carbonyl (C=O) groups is 3. The number of piperidine rings is 1. The zero-order valence-corrected chi connectivity index (χ0v) is 13.2. The van der Waals surface area contributed by atoms with Crippen molar-refractivity contribution in [3.05, 3.63) is 0 Å². The predicted molar refractivity (Wildman–Crippen MR) is 81.3 cm³/mol. The Kier molecular flexibility index (Phi) is 6.45. The number of hydrogen-bond acceptors (Lipinski definition) is 3. The van der Waals surface area contributed by atoms with Crippen molar-refractivity contribution in [2.75, 3.05) is 26.2 Å². The summed E-state index contributed by atoms with van der Waals surface area (Å²) in [6.07, 6.45) is 2.18. The Bertz CT molecular complexity index is 425. The van der Waals surface area contributed by atoms with E-state index in [0.717, 1.165) is 12.8 Å². The predicted octanol–water partition coefficient (Wildman–Crippen LogP) is 0.577. The van der Waals surface area contributed by atoms with E-state index in [4.69, 9.17) is 10.8 Å². The van der Waals surface area contributed by atoms with Crippen LogP contribution in [0.3, 0.4) is 0 Å². The summed E-state index contributed by atoms with van der Waals surface area (Å²) in [5.41, 5.74) is 4.19. The molecule has 0 spiro atoms. The third-order valence-electron chi connectivity index (χ3n) is 3.98. The van der Waals surface area contributed by atoms with E-state index in [1.54, 1.807) is 18.7 Å². The number of carboxylic acids is 1. The molecule has 0 bridgehead atoms. The van der Waals surface area contributed by atoms with Crippen LogP contribution in [0.2, 0.25) is 0 Å². The highest BCUT2D eigenvalue weighted by Crippen LogP contribution is 2.20. The number of carbonyl (C=O) groups excluding carboxylic acids is 2. The van der Waals surface area contributed by atoms with Crippen LogP contribution in [-0.2, 0) is 4.79 Å². The lowest BCUT2D eigenvalue weighted by atomic mass is 9.90. The number of amides is 4. The molecule has 8 nitrogen and oxygen atoms in total. The lowest BCUT2D eigenvalue weighted by molar-refractivity contribution is -0.147. The number of urea groups is 2. The van der Waals surface area contributed by atoms with Crippen LogP contribution in [0, 0.1) is 11.3 Å². The number of likely N-dealkylation sites (tertiary alicyclic amines) is 1. The summed E-state index contributed by atoms with van der Waals surface area (Å²) in [4.78, 5) is 35.5. The Labute approximate surface area is 130 Å². The molecule has 22 heavy (non-hydrogen) atoms. The van der Waals surface area contributed by atoms with Gasteiger partial charge >= 0.3 is 18.0 Å². The zero-order chi connectivity index (χ0) is 16.8. The molecule has 0 saturated carbocycles. The van der Waals surface area contributed by atoms with Crippen molar-refractivity contribution >= 4 is 18.0 Å². The van der Waals surface area contributed by atoms with Crippen molar-refractivity contribution in [1.29, 1.82) is 0 Å². The van der Waals surface area contributed by atoms with Crippen molar-refractivity contribution in [3.8, 4) is 0 Å². The van der Waals surface area contributed by atoms with Crippen LogP contribution in [0.15, 0.2) is 0 Å². The molecule has 8 heteroatoms. The van der Waals surface area contributed by atoms with Gasteiger partial charge in [0.1, 0.15) is 0 Å². The van der Waals surface area contributed by atoms with Crippen LogP contribution in [0.1, 0.15) is 33.1 Å². The molecule has 0 aromatic rings. The molecule has 1 fully saturated rings. The molecule has 126 valence electrons. The van der Waals surface area contributed by atoms with E-state index >= 15 is 0 Å². The first-order chi connectivity index (χ1) is 10.2. The van der Waals surface area contributed by atoms with Gasteiger partial charge in [-0.3, -0.25) is 4.79 Å². The number of rotatable bonds is 6. The molecule has 1 saturated heterocycles. The maximum atomic E-state index is 12.1. The van der Waals surface area contributed by atoms with E-state index in [9.17, 15) is 14.4 Å². The summed E-state index contributed by atoms with van der Waals surface area (Å²) in [7, 11) is 0. The molecule has 0 aromatic heterocycles. The Morgan fingerprint density at radius 2 is 2.00 bits per heavy atom. The van der Waals surface area contributed by atoms with Gasteiger partial charge < -0.3 is 26.4 Å². The van der Waals surface area contributed by atoms with Crippen LogP contribution < -0.4 is 16.4 Å². The second kappa shape index (κ2) is 7.86. The van der Waals surface area contributed by atoms with Crippen molar-refractivity contribution in [2.24, 2.45) is 17.1 Å². The van der Waals surface area contributed by atoms with Crippen LogP contribution in [0.4, 0.5) is 9.59 Å². The molecule has 1 rings (SSSR count). The summed E-state index contributed by atoms with van der Waals surface area (Å²) < 4.78 is 0. The van der Waals surface area contributed by atoms with E-state index in [1.165, 1.54) is 0 Å². The molecule has 1 atom stereocenters. The minimum Gasteiger partial charge on any atom is -0.481 e. The fourth-order valence-corrected chi connectivity index (χ4v) is 2.36. The average Bonchev–Trinajstić information content (AvgIpc) is 2.45. The second-order valence-corrected chi connectivity index (χ2v) is 6.37. The number of nitrogens with zero attached hydrogens (tertiary/aromatic N) is 1. The van der Waals surface area contributed by atoms with Gasteiger partial charge in [-0.05, 0) is 39.0 Å². The second-order valence-electron chi connectivity index (χ2n) is 6.37. The number of nitrogens with one attached hydrogen (secondary N) is 2. The molecule has 1 aliphatic rings. The molecule has 0 aliphatic carbocycles. The lowest BCUT2D eigenvalue weighted by Crippen LogP contribution is -2.48. The molecule has 1 aliphatic heterocycles. The minimum atomic E-state index is -0.877. The summed E-state index contributed by atoms with van der Waals surface area (Å²) in [6, 6.07) is -0.748. The standard InChI is InChI=1S/C14H26N4O4/c1-14(2,11(19)20)5-6-16-13(22)18-7-3-4-10(9-18)8-17-12(15)21/h10H,3-9H2,1-2H3,(H,16,22)(H,19,20)(H3,15,17,21). The van der Waals surface area contributed by atoms with Gasteiger partial charge in [0.25, 0.3) is 0 Å². The number of aliphatic carboxylic acids is 1. The molecule has 1 heterocycles. The Morgan fingerprint density at radius 3 is 2.59 bits per heavy atom. The number of nitrogens with two attached hydrogens (primary N) is 1. The van der Waals surface area contributed by atoms with E-state index in [1.807, 2.05) is 0 Å². The van der Waals surface area contributed by atoms with Crippen LogP contribution >= 0.6 is 0 Å². The third kappa shape index (κ3) is 5.79. The maximum absolute atomic E-state index is 12.1. The van der Waals surface area contributed by atoms with E-state index in [0.29, 0.717) is 32.6 Å². The monoisotopic (exact) mass is 314 g/mol. The fraction of sp³-hybridized carbons (Fsp3) is 0.786. The summed E-state index contributed by atoms with van der Waals surface area (Å²) in [5.74, 6) is -0.681. The smallest absolute Gasteiger partial charge is 0.317 e. The summed E-state index contributed by atoms with van der Waals surface area (Å²) in [6.45, 7) is 5.28. The van der Waals surface area contributed by atoms with Gasteiger partial charge in [0.15, 0.2) is 0 Å². The SMILES string of the molecule is CC(C)(CCNC(=O)N1CCCC(CNC(N)=O)C1)C(=O)O. The van der Waals surface area contributed by atoms with Gasteiger partial charge in [-0.25, -0.2) is 9.59 Å². The van der Waals surface area contributed by atoms with Crippen LogP contribution in [0.5, 0.6) is 0 Å². The van der Waals surface area contributed by atoms with Crippen LogP contribution in [0.25, 0.3) is 0 Å². The molecular weight excluding hydrogens is 288 g/mol. The third-order valence-corrected chi connectivity index (χ3v) is 3.98. The van der Waals surface area contributed by atoms with Crippen molar-refractivity contribution < 1.29 is 19.5 Å². The molecular formula is C14H26N4O4. The van der Waals surface area contributed by atoms with Gasteiger partial charge in [-0.1, -0.05) is 0 Å². The molecule has 1 unspecified atom stereocenters. The topological polar surface area (TPSA) is 125 Å². The van der Waals surface area contributed by atoms with Crippen LogP contribution in [-0.4, -0.2) is 54.2 Å². The molecule has 5 N–H and O–H groups in total. The van der Waals surface area contributed by atoms with Gasteiger partial charge in [-0.2, -0.15) is 0 Å². The fourth-order valence-electron chi connectivity index (χ4n) is 2.36. The Balaban J connectivity index is 2.35. The number of carboxylic acid groups (broad SMARTS) is 1. The minimum absolute atomic E-state index is 0.190. The number of hydrogen-bond donors (Lipinski definition) is 4. The number of primary amides is 1. The quantitative estimate of drug-likeness (QED) is 0.572. The average molecular weight is 314 g/mol. The first kappa shape index (κ1) is 18.1. The molecule has 4 amide bonds. The Morgan fingerprint density at radius 1 is 1.32 bits per heavy atom. The van der Waals surface area contributed by atoms with Crippen molar-refractivity contribution in [2.45, 2.75) is 33.1 Å². The van der Waals surface area contributed by atoms with Crippen molar-refractivity contribution in [1.82, 2.24) is 15.5 Å². The van der Waals surface area contributed by atoms with Crippen molar-refractivity contribution in [3.63, 3.8) is 0 Å². The zero-order valence-electron chi connectivity index (χ0n) is 13.2. The maximum Gasteiger partial charge on any atom is 0.317 e. The highest BCUT2D eigenvalue weighted by Gasteiger charge is 2.28. The highest BCUT2D eigenvalue weighted by molar-refractivity contribution is 5.75. The summed E-state index contributed by atoms with van der Waals surface area (Å²) in [5, 5.41) is 14.4. The van der Waals surface area contributed by atoms with E-state index in [2.05, 4.69) is 10.6 Å². The summed E-state index contributed by atoms with van der Waals surface area (Å²) >= 11 is 0. The molecule has 0 aromatic carbocycles. The van der Waals surface area contributed by atoms with Gasteiger partial charge in [0.2, 0.25) is 0 Å². The van der Waals surface area contributed by atoms with Gasteiger partial charge in [0, 0.05) is 26.2 Å². The van der Waals surface area contributed by atoms with Gasteiger partial charge in [0.05, 0.1) is 5.41 Å². The lowest BCUT2D eigenvalue weighted by Gasteiger charge is -2.33.